The molecule has 1 aromatic heterocycles. The van der Waals surface area contributed by atoms with Crippen molar-refractivity contribution in [3.8, 4) is 17.2 Å². The van der Waals surface area contributed by atoms with E-state index in [0.717, 1.165) is 21.9 Å². The first-order valence-corrected chi connectivity index (χ1v) is 14.1. The van der Waals surface area contributed by atoms with Crippen LogP contribution in [0.15, 0.2) is 65.2 Å². The number of methoxy groups -OCH3 is 3. The monoisotopic (exact) mass is 561 g/mol. The van der Waals surface area contributed by atoms with Gasteiger partial charge in [-0.05, 0) is 47.5 Å². The van der Waals surface area contributed by atoms with E-state index in [9.17, 15) is 9.59 Å². The van der Waals surface area contributed by atoms with Crippen molar-refractivity contribution in [1.29, 1.82) is 0 Å². The SMILES string of the molecule is COc1ccc(C2C3=C(CC(C)(C)CC3=O)Nc3ccccc3N2CC(=O)NCc2cccs2)c(OC)c1OC. The standard InChI is InChI=1S/C31H35N3O5S/c1-31(2)15-22-27(24(35)16-31)28(20-12-13-25(37-3)30(39-5)29(20)38-4)34(23-11-7-6-10-21(23)33-22)18-26(36)32-17-19-9-8-14-40-19/h6-14,28,33H,15-18H2,1-5H3,(H,32,36). The number of hydrogen-bond donors (Lipinski definition) is 2. The number of anilines is 2. The van der Waals surface area contributed by atoms with Crippen LogP contribution in [-0.4, -0.2) is 39.6 Å². The highest BCUT2D eigenvalue weighted by molar-refractivity contribution is 7.09. The van der Waals surface area contributed by atoms with Gasteiger partial charge in [0.1, 0.15) is 0 Å². The molecule has 1 atom stereocenters. The minimum absolute atomic E-state index is 0.0275. The molecule has 2 aromatic carbocycles. The zero-order chi connectivity index (χ0) is 28.4. The number of nitrogens with zero attached hydrogens (tertiary/aromatic N) is 1. The predicted octanol–water partition coefficient (Wildman–Crippen LogP) is 5.71. The second kappa shape index (κ2) is 11.3. The van der Waals surface area contributed by atoms with Crippen molar-refractivity contribution >= 4 is 34.4 Å². The summed E-state index contributed by atoms with van der Waals surface area (Å²) in [6.45, 7) is 4.68. The van der Waals surface area contributed by atoms with Gasteiger partial charge >= 0.3 is 0 Å². The molecular weight excluding hydrogens is 526 g/mol. The molecule has 3 aromatic rings. The van der Waals surface area contributed by atoms with Crippen molar-refractivity contribution in [3.63, 3.8) is 0 Å². The lowest BCUT2D eigenvalue weighted by atomic mass is 9.73. The maximum Gasteiger partial charge on any atom is 0.239 e. The van der Waals surface area contributed by atoms with E-state index in [0.29, 0.717) is 47.8 Å². The van der Waals surface area contributed by atoms with Gasteiger partial charge in [0.2, 0.25) is 11.7 Å². The van der Waals surface area contributed by atoms with Crippen molar-refractivity contribution in [1.82, 2.24) is 5.32 Å². The Labute approximate surface area is 238 Å². The van der Waals surface area contributed by atoms with Crippen LogP contribution >= 0.6 is 11.3 Å². The van der Waals surface area contributed by atoms with Crippen LogP contribution in [0.5, 0.6) is 17.2 Å². The highest BCUT2D eigenvalue weighted by Gasteiger charge is 2.43. The first-order valence-electron chi connectivity index (χ1n) is 13.2. The average Bonchev–Trinajstić information content (AvgIpc) is 3.41. The highest BCUT2D eigenvalue weighted by atomic mass is 32.1. The number of fused-ring (bicyclic) bond motifs is 1. The molecule has 0 spiro atoms. The Morgan fingerprint density at radius 3 is 2.50 bits per heavy atom. The van der Waals surface area contributed by atoms with Crippen LogP contribution in [0.2, 0.25) is 0 Å². The van der Waals surface area contributed by atoms with Crippen molar-refractivity contribution < 1.29 is 23.8 Å². The van der Waals surface area contributed by atoms with Crippen molar-refractivity contribution in [3.05, 3.63) is 75.6 Å². The Kier molecular flexibility index (Phi) is 7.76. The van der Waals surface area contributed by atoms with Gasteiger partial charge in [-0.1, -0.05) is 32.0 Å². The average molecular weight is 562 g/mol. The normalized spacial score (nSPS) is 17.8. The van der Waals surface area contributed by atoms with E-state index < -0.39 is 6.04 Å². The van der Waals surface area contributed by atoms with Crippen LogP contribution in [0.1, 0.15) is 43.2 Å². The van der Waals surface area contributed by atoms with E-state index in [4.69, 9.17) is 14.2 Å². The van der Waals surface area contributed by atoms with Crippen LogP contribution in [0, 0.1) is 5.41 Å². The fourth-order valence-electron chi connectivity index (χ4n) is 5.70. The van der Waals surface area contributed by atoms with Gasteiger partial charge < -0.3 is 29.7 Å². The lowest BCUT2D eigenvalue weighted by molar-refractivity contribution is -0.120. The Bertz CT molecular complexity index is 1450. The van der Waals surface area contributed by atoms with Crippen LogP contribution in [0.4, 0.5) is 11.4 Å². The molecule has 5 rings (SSSR count). The third-order valence-electron chi connectivity index (χ3n) is 7.39. The molecule has 0 radical (unpaired) electrons. The highest BCUT2D eigenvalue weighted by Crippen LogP contribution is 2.52. The molecule has 0 bridgehead atoms. The van der Waals surface area contributed by atoms with Crippen molar-refractivity contribution in [2.75, 3.05) is 38.1 Å². The number of carbonyl (C=O) groups excluding carboxylic acids is 2. The minimum atomic E-state index is -0.614. The van der Waals surface area contributed by atoms with Gasteiger partial charge in [0.05, 0.1) is 51.8 Å². The second-order valence-corrected chi connectivity index (χ2v) is 11.8. The molecule has 2 aliphatic rings. The summed E-state index contributed by atoms with van der Waals surface area (Å²) in [6, 6.07) is 14.9. The summed E-state index contributed by atoms with van der Waals surface area (Å²) in [5, 5.41) is 8.63. The minimum Gasteiger partial charge on any atom is -0.493 e. The van der Waals surface area contributed by atoms with Crippen molar-refractivity contribution in [2.45, 2.75) is 39.3 Å². The van der Waals surface area contributed by atoms with Gasteiger partial charge in [-0.2, -0.15) is 0 Å². The molecular formula is C31H35N3O5S. The van der Waals surface area contributed by atoms with Gasteiger partial charge in [-0.15, -0.1) is 11.3 Å². The van der Waals surface area contributed by atoms with Crippen molar-refractivity contribution in [2.24, 2.45) is 5.41 Å². The topological polar surface area (TPSA) is 89.1 Å². The van der Waals surface area contributed by atoms with E-state index in [1.54, 1.807) is 32.7 Å². The lowest BCUT2D eigenvalue weighted by Crippen LogP contribution is -2.42. The van der Waals surface area contributed by atoms with Gasteiger partial charge in [0.25, 0.3) is 0 Å². The second-order valence-electron chi connectivity index (χ2n) is 10.8. The summed E-state index contributed by atoms with van der Waals surface area (Å²) in [7, 11) is 4.70. The molecule has 0 fully saturated rings. The molecule has 8 nitrogen and oxygen atoms in total. The smallest absolute Gasteiger partial charge is 0.239 e. The van der Waals surface area contributed by atoms with E-state index in [-0.39, 0.29) is 23.7 Å². The lowest BCUT2D eigenvalue weighted by Gasteiger charge is -2.38. The number of amides is 1. The largest absolute Gasteiger partial charge is 0.493 e. The molecule has 1 aliphatic carbocycles. The number of rotatable bonds is 8. The summed E-state index contributed by atoms with van der Waals surface area (Å²) in [6.07, 6.45) is 1.08. The molecule has 9 heteroatoms. The number of benzene rings is 2. The summed E-state index contributed by atoms with van der Waals surface area (Å²) in [4.78, 5) is 30.5. The Morgan fingerprint density at radius 1 is 1.02 bits per heavy atom. The number of hydrogen-bond acceptors (Lipinski definition) is 8. The van der Waals surface area contributed by atoms with E-state index in [2.05, 4.69) is 24.5 Å². The van der Waals surface area contributed by atoms with E-state index >= 15 is 0 Å². The Morgan fingerprint density at radius 2 is 1.80 bits per heavy atom. The number of carbonyl (C=O) groups is 2. The van der Waals surface area contributed by atoms with Gasteiger partial charge in [0, 0.05) is 28.1 Å². The van der Waals surface area contributed by atoms with Crippen LogP contribution in [0.3, 0.4) is 0 Å². The molecule has 1 amide bonds. The first kappa shape index (κ1) is 27.6. The van der Waals surface area contributed by atoms with Crippen LogP contribution in [0.25, 0.3) is 0 Å². The number of Topliss-reactive ketones (excluding diaryl/α,β-unsaturated/α-hetero) is 1. The van der Waals surface area contributed by atoms with Gasteiger partial charge in [-0.3, -0.25) is 9.59 Å². The first-order chi connectivity index (χ1) is 19.3. The molecule has 40 heavy (non-hydrogen) atoms. The number of allylic oxidation sites excluding steroid dienone is 1. The Balaban J connectivity index is 1.69. The third kappa shape index (κ3) is 5.25. The number of nitrogens with one attached hydrogen (secondary N) is 2. The molecule has 0 saturated heterocycles. The summed E-state index contributed by atoms with van der Waals surface area (Å²) >= 11 is 1.60. The Hall–Kier alpha value is -3.98. The maximum atomic E-state index is 14.0. The summed E-state index contributed by atoms with van der Waals surface area (Å²) in [5.74, 6) is 1.29. The molecule has 0 saturated carbocycles. The third-order valence-corrected chi connectivity index (χ3v) is 8.26. The number of ether oxygens (including phenoxy) is 3. The molecule has 1 aliphatic heterocycles. The van der Waals surface area contributed by atoms with Crippen LogP contribution in [-0.2, 0) is 16.1 Å². The fourth-order valence-corrected chi connectivity index (χ4v) is 6.34. The predicted molar refractivity (Wildman–Crippen MR) is 157 cm³/mol. The molecule has 1 unspecified atom stereocenters. The fraction of sp³-hybridized carbons (Fsp3) is 0.355. The van der Waals surface area contributed by atoms with Gasteiger partial charge in [-0.25, -0.2) is 0 Å². The zero-order valence-electron chi connectivity index (χ0n) is 23.5. The summed E-state index contributed by atoms with van der Waals surface area (Å²) in [5.41, 5.74) is 3.65. The maximum absolute atomic E-state index is 14.0. The number of ketones is 1. The number of para-hydroxylation sites is 2. The van der Waals surface area contributed by atoms with E-state index in [1.807, 2.05) is 58.8 Å². The quantitative estimate of drug-likeness (QED) is 0.364. The summed E-state index contributed by atoms with van der Waals surface area (Å²) < 4.78 is 17.2. The molecule has 210 valence electrons. The number of thiophene rings is 1. The van der Waals surface area contributed by atoms with Crippen LogP contribution < -0.4 is 29.7 Å². The van der Waals surface area contributed by atoms with E-state index in [1.165, 1.54) is 0 Å². The van der Waals surface area contributed by atoms with Gasteiger partial charge in [0.15, 0.2) is 17.3 Å². The molecule has 2 heterocycles. The zero-order valence-corrected chi connectivity index (χ0v) is 24.3. The molecule has 2 N–H and O–H groups in total.